The summed E-state index contributed by atoms with van der Waals surface area (Å²) in [5.41, 5.74) is -1.94. The molecule has 0 aliphatic carbocycles. The molecule has 0 atom stereocenters. The van der Waals surface area contributed by atoms with Crippen molar-refractivity contribution in [3.63, 3.8) is 0 Å². The van der Waals surface area contributed by atoms with Crippen LogP contribution in [-0.4, -0.2) is 63.8 Å². The van der Waals surface area contributed by atoms with Gasteiger partial charge in [-0.05, 0) is 101 Å². The van der Waals surface area contributed by atoms with Gasteiger partial charge in [-0.3, -0.25) is 19.4 Å². The molecule has 2 fully saturated rings. The molecule has 2 aromatic rings. The molecule has 3 heterocycles. The zero-order chi connectivity index (χ0) is 30.8. The number of rotatable bonds is 9. The van der Waals surface area contributed by atoms with Crippen molar-refractivity contribution in [3.8, 4) is 11.8 Å². The van der Waals surface area contributed by atoms with Gasteiger partial charge >= 0.3 is 12.1 Å². The van der Waals surface area contributed by atoms with Crippen LogP contribution in [0, 0.1) is 17.2 Å². The number of benzene rings is 1. The molecular formula is C29H34Cl2F3N5O4S. The highest BCUT2D eigenvalue weighted by Gasteiger charge is 2.51. The fraction of sp³-hybridized carbons (Fsp3) is 0.483. The monoisotopic (exact) mass is 675 g/mol. The van der Waals surface area contributed by atoms with Gasteiger partial charge in [0.15, 0.2) is 10.8 Å². The highest BCUT2D eigenvalue weighted by molar-refractivity contribution is 7.81. The van der Waals surface area contributed by atoms with Crippen LogP contribution in [0.5, 0.6) is 5.75 Å². The number of likely N-dealkylation sites (tertiary alicyclic amines) is 1. The van der Waals surface area contributed by atoms with Crippen molar-refractivity contribution in [1.82, 2.24) is 9.88 Å². The first-order chi connectivity index (χ1) is 19.8. The van der Waals surface area contributed by atoms with Crippen LogP contribution >= 0.6 is 37.0 Å². The molecule has 2 aliphatic heterocycles. The minimum Gasteiger partial charge on any atom is -0.493 e. The fourth-order valence-corrected chi connectivity index (χ4v) is 5.94. The molecule has 2 saturated heterocycles. The predicted octanol–water partition coefficient (Wildman–Crippen LogP) is 5.86. The average molecular weight is 677 g/mol. The van der Waals surface area contributed by atoms with E-state index in [1.54, 1.807) is 30.9 Å². The number of alkyl halides is 3. The van der Waals surface area contributed by atoms with E-state index < -0.39 is 34.8 Å². The van der Waals surface area contributed by atoms with E-state index in [-0.39, 0.29) is 42.2 Å². The van der Waals surface area contributed by atoms with Crippen LogP contribution in [0.3, 0.4) is 0 Å². The van der Waals surface area contributed by atoms with Gasteiger partial charge < -0.3 is 14.7 Å². The van der Waals surface area contributed by atoms with E-state index in [0.29, 0.717) is 30.4 Å². The number of aryl methyl sites for hydroxylation is 1. The molecule has 1 N–H and O–H groups in total. The molecule has 0 spiro atoms. The van der Waals surface area contributed by atoms with Crippen LogP contribution in [0.25, 0.3) is 0 Å². The summed E-state index contributed by atoms with van der Waals surface area (Å²) < 4.78 is 46.9. The van der Waals surface area contributed by atoms with Crippen LogP contribution in [0.1, 0.15) is 56.9 Å². The van der Waals surface area contributed by atoms with E-state index in [9.17, 15) is 22.8 Å². The maximum Gasteiger partial charge on any atom is 0.419 e. The number of aromatic nitrogens is 1. The molecule has 4 rings (SSSR count). The van der Waals surface area contributed by atoms with Crippen LogP contribution in [-0.2, 0) is 22.2 Å². The molecule has 0 bridgehead atoms. The van der Waals surface area contributed by atoms with Gasteiger partial charge in [-0.25, -0.2) is 4.98 Å². The molecule has 0 radical (unpaired) electrons. The van der Waals surface area contributed by atoms with Crippen molar-refractivity contribution in [2.45, 2.75) is 58.2 Å². The summed E-state index contributed by atoms with van der Waals surface area (Å²) in [4.78, 5) is 32.6. The van der Waals surface area contributed by atoms with Crippen LogP contribution in [0.15, 0.2) is 30.5 Å². The minimum atomic E-state index is -4.84. The Morgan fingerprint density at radius 2 is 1.86 bits per heavy atom. The lowest BCUT2D eigenvalue weighted by molar-refractivity contribution is -0.139. The summed E-state index contributed by atoms with van der Waals surface area (Å²) in [6.07, 6.45) is -0.483. The van der Waals surface area contributed by atoms with Gasteiger partial charge in [-0.15, -0.1) is 24.8 Å². The number of thiocarbonyl (C=S) groups is 1. The summed E-state index contributed by atoms with van der Waals surface area (Å²) in [6.45, 7) is 7.32. The van der Waals surface area contributed by atoms with Gasteiger partial charge in [0, 0.05) is 5.69 Å². The second-order valence-electron chi connectivity index (χ2n) is 10.9. The Balaban J connectivity index is 0.00000337. The molecule has 240 valence electrons. The quantitative estimate of drug-likeness (QED) is 0.327. The first-order valence-corrected chi connectivity index (χ1v) is 14.0. The number of piperidine rings is 1. The van der Waals surface area contributed by atoms with Gasteiger partial charge in [0.2, 0.25) is 0 Å². The number of halogens is 5. The zero-order valence-corrected chi connectivity index (χ0v) is 26.8. The number of anilines is 2. The molecule has 2 aliphatic rings. The summed E-state index contributed by atoms with van der Waals surface area (Å²) in [5, 5.41) is 18.1. The molecule has 15 heteroatoms. The number of ether oxygens (including phenoxy) is 1. The Labute approximate surface area is 271 Å². The minimum absolute atomic E-state index is 0. The molecule has 0 saturated carbocycles. The Hall–Kier alpha value is -3.18. The normalized spacial score (nSPS) is 17.1. The molecule has 1 aromatic heterocycles. The molecule has 9 nitrogen and oxygen atoms in total. The number of carbonyl (C=O) groups is 2. The molecular weight excluding hydrogens is 642 g/mol. The zero-order valence-electron chi connectivity index (χ0n) is 24.4. The van der Waals surface area contributed by atoms with Crippen molar-refractivity contribution >= 4 is 65.4 Å². The van der Waals surface area contributed by atoms with Crippen LogP contribution in [0.2, 0.25) is 0 Å². The second-order valence-corrected chi connectivity index (χ2v) is 11.3. The van der Waals surface area contributed by atoms with Gasteiger partial charge in [-0.2, -0.15) is 18.4 Å². The number of nitrogens with zero attached hydrogens (tertiary/aromatic N) is 5. The lowest BCUT2D eigenvalue weighted by atomic mass is 9.94. The van der Waals surface area contributed by atoms with Gasteiger partial charge in [0.05, 0.1) is 30.6 Å². The average Bonchev–Trinajstić information content (AvgIpc) is 3.11. The smallest absolute Gasteiger partial charge is 0.419 e. The number of carbonyl (C=O) groups excluding carboxylic acids is 1. The Morgan fingerprint density at radius 1 is 1.20 bits per heavy atom. The SMILES string of the molecule is CCc1cc(N2C(=S)N(c3cnc(C#N)c(C(F)(F)F)c3)C(=O)C2(C)C)ccc1OCCC1CCN(CC(=O)O)CC1.Cl.Cl. The van der Waals surface area contributed by atoms with Gasteiger partial charge in [-0.1, -0.05) is 6.92 Å². The maximum atomic E-state index is 13.6. The number of nitriles is 1. The number of pyridine rings is 1. The standard InChI is InChI=1S/C29H32F3N5O4S.2ClH/c1-4-19-13-20(5-6-24(19)41-12-9-18-7-10-35(11-8-18)17-25(38)39)37-27(42)36(26(40)28(37,2)3)21-14-22(29(30,31)32)23(15-33)34-16-21;;/h5-6,13-14,16,18H,4,7-12,17H2,1-3H3,(H,38,39);2*1H. The highest BCUT2D eigenvalue weighted by atomic mass is 35.5. The first kappa shape index (κ1) is 37.0. The van der Waals surface area contributed by atoms with E-state index >= 15 is 0 Å². The van der Waals surface area contributed by atoms with E-state index in [0.717, 1.165) is 55.1 Å². The van der Waals surface area contributed by atoms with Crippen molar-refractivity contribution in [3.05, 3.63) is 47.3 Å². The van der Waals surface area contributed by atoms with E-state index in [1.807, 2.05) is 17.9 Å². The van der Waals surface area contributed by atoms with Crippen LogP contribution in [0.4, 0.5) is 24.5 Å². The molecule has 1 amide bonds. The lowest BCUT2D eigenvalue weighted by Gasteiger charge is -2.31. The Morgan fingerprint density at radius 3 is 2.43 bits per heavy atom. The predicted molar refractivity (Wildman–Crippen MR) is 168 cm³/mol. The molecule has 44 heavy (non-hydrogen) atoms. The number of carboxylic acid groups (broad SMARTS) is 1. The van der Waals surface area contributed by atoms with Gasteiger partial charge in [0.1, 0.15) is 17.4 Å². The summed E-state index contributed by atoms with van der Waals surface area (Å²) in [5.74, 6) is -0.195. The number of hydrogen-bond acceptors (Lipinski definition) is 7. The number of aliphatic carboxylic acids is 1. The third kappa shape index (κ3) is 7.72. The van der Waals surface area contributed by atoms with Crippen LogP contribution < -0.4 is 14.5 Å². The Bertz CT molecular complexity index is 1430. The highest BCUT2D eigenvalue weighted by Crippen LogP contribution is 2.40. The first-order valence-electron chi connectivity index (χ1n) is 13.6. The Kier molecular flexibility index (Phi) is 12.4. The number of hydrogen-bond donors (Lipinski definition) is 1. The number of carboxylic acids is 1. The van der Waals surface area contributed by atoms with E-state index in [4.69, 9.17) is 27.3 Å². The van der Waals surface area contributed by atoms with E-state index in [2.05, 4.69) is 4.98 Å². The molecule has 1 aromatic carbocycles. The van der Waals surface area contributed by atoms with E-state index in [1.165, 1.54) is 6.07 Å². The van der Waals surface area contributed by atoms with Crippen molar-refractivity contribution in [1.29, 1.82) is 5.26 Å². The van der Waals surface area contributed by atoms with Crippen molar-refractivity contribution in [2.75, 3.05) is 36.0 Å². The maximum absolute atomic E-state index is 13.6. The summed E-state index contributed by atoms with van der Waals surface area (Å²) in [7, 11) is 0. The lowest BCUT2D eigenvalue weighted by Crippen LogP contribution is -2.44. The topological polar surface area (TPSA) is 110 Å². The number of amides is 1. The second kappa shape index (κ2) is 14.7. The summed E-state index contributed by atoms with van der Waals surface area (Å²) in [6, 6.07) is 7.60. The van der Waals surface area contributed by atoms with Gasteiger partial charge in [0.25, 0.3) is 5.91 Å². The summed E-state index contributed by atoms with van der Waals surface area (Å²) >= 11 is 5.63. The fourth-order valence-electron chi connectivity index (χ4n) is 5.42. The third-order valence-electron chi connectivity index (χ3n) is 7.74. The largest absolute Gasteiger partial charge is 0.493 e. The van der Waals surface area contributed by atoms with Crippen molar-refractivity contribution < 1.29 is 32.6 Å². The third-order valence-corrected chi connectivity index (χ3v) is 8.11. The van der Waals surface area contributed by atoms with Crippen molar-refractivity contribution in [2.24, 2.45) is 5.92 Å². The molecule has 0 unspecified atom stereocenters.